The molecule has 1 fully saturated rings. The van der Waals surface area contributed by atoms with E-state index in [4.69, 9.17) is 4.74 Å². The van der Waals surface area contributed by atoms with E-state index in [9.17, 15) is 18.8 Å². The van der Waals surface area contributed by atoms with Crippen molar-refractivity contribution in [1.29, 1.82) is 0 Å². The predicted molar refractivity (Wildman–Crippen MR) is 97.7 cm³/mol. The van der Waals surface area contributed by atoms with Gasteiger partial charge in [-0.2, -0.15) is 0 Å². The third kappa shape index (κ3) is 5.18. The van der Waals surface area contributed by atoms with Crippen LogP contribution in [-0.4, -0.2) is 67.4 Å². The summed E-state index contributed by atoms with van der Waals surface area (Å²) < 4.78 is 18.6. The Morgan fingerprint density at radius 3 is 2.63 bits per heavy atom. The first-order chi connectivity index (χ1) is 12.6. The number of hydrogen-bond acceptors (Lipinski definition) is 4. The zero-order chi connectivity index (χ0) is 20.2. The smallest absolute Gasteiger partial charge is 0.311 e. The number of nitrogens with one attached hydrogen (secondary N) is 1. The minimum absolute atomic E-state index is 0.0665. The van der Waals surface area contributed by atoms with Gasteiger partial charge in [-0.3, -0.25) is 14.4 Å². The molecule has 148 valence electrons. The van der Waals surface area contributed by atoms with Crippen LogP contribution >= 0.6 is 0 Å². The number of carbonyl (C=O) groups excluding carboxylic acids is 3. The average molecular weight is 379 g/mol. The zero-order valence-corrected chi connectivity index (χ0v) is 16.2. The minimum atomic E-state index is -0.675. The van der Waals surface area contributed by atoms with Crippen molar-refractivity contribution in [2.75, 3.05) is 34.3 Å². The van der Waals surface area contributed by atoms with Gasteiger partial charge in [0.1, 0.15) is 0 Å². The Bertz CT molecular complexity index is 738. The molecule has 7 nitrogen and oxygen atoms in total. The number of likely N-dealkylation sites (tertiary alicyclic amines) is 1. The van der Waals surface area contributed by atoms with Gasteiger partial charge in [0, 0.05) is 33.6 Å². The summed E-state index contributed by atoms with van der Waals surface area (Å²) in [5.74, 6) is -1.65. The van der Waals surface area contributed by atoms with Crippen molar-refractivity contribution in [3.63, 3.8) is 0 Å². The molecule has 2 rings (SSSR count). The molecule has 0 spiro atoms. The summed E-state index contributed by atoms with van der Waals surface area (Å²) in [6.45, 7) is 2.66. The summed E-state index contributed by atoms with van der Waals surface area (Å²) in [4.78, 5) is 39.0. The number of hydrogen-bond donors (Lipinski definition) is 1. The van der Waals surface area contributed by atoms with Crippen LogP contribution in [-0.2, 0) is 20.8 Å². The van der Waals surface area contributed by atoms with E-state index in [1.807, 2.05) is 6.92 Å². The van der Waals surface area contributed by atoms with E-state index in [0.29, 0.717) is 31.5 Å². The molecule has 27 heavy (non-hydrogen) atoms. The number of amides is 3. The Balaban J connectivity index is 1.88. The molecule has 0 unspecified atom stereocenters. The number of benzene rings is 1. The van der Waals surface area contributed by atoms with Crippen LogP contribution in [0.1, 0.15) is 25.3 Å². The van der Waals surface area contributed by atoms with Crippen LogP contribution in [0.5, 0.6) is 5.75 Å². The van der Waals surface area contributed by atoms with Crippen molar-refractivity contribution < 1.29 is 23.5 Å². The van der Waals surface area contributed by atoms with Crippen LogP contribution in [0.15, 0.2) is 18.2 Å². The number of aryl methyl sites for hydroxylation is 1. The van der Waals surface area contributed by atoms with Crippen molar-refractivity contribution in [3.8, 4) is 5.75 Å². The molecule has 1 saturated heterocycles. The molecule has 0 aliphatic carbocycles. The average Bonchev–Trinajstić information content (AvgIpc) is 3.00. The van der Waals surface area contributed by atoms with Crippen molar-refractivity contribution in [2.24, 2.45) is 0 Å². The molecule has 1 atom stereocenters. The quantitative estimate of drug-likeness (QED) is 0.773. The number of ether oxygens (including phenoxy) is 1. The Kier molecular flexibility index (Phi) is 6.41. The fourth-order valence-corrected chi connectivity index (χ4v) is 3.08. The van der Waals surface area contributed by atoms with Crippen molar-refractivity contribution in [3.05, 3.63) is 29.6 Å². The van der Waals surface area contributed by atoms with Crippen LogP contribution in [0.4, 0.5) is 4.39 Å². The van der Waals surface area contributed by atoms with Crippen LogP contribution in [0.3, 0.4) is 0 Å². The van der Waals surface area contributed by atoms with Crippen molar-refractivity contribution in [2.45, 2.75) is 31.7 Å². The molecule has 1 aliphatic heterocycles. The number of halogens is 1. The van der Waals surface area contributed by atoms with Crippen LogP contribution in [0, 0.1) is 5.82 Å². The van der Waals surface area contributed by atoms with Crippen molar-refractivity contribution >= 4 is 17.7 Å². The molecule has 0 radical (unpaired) electrons. The van der Waals surface area contributed by atoms with E-state index in [-0.39, 0.29) is 18.1 Å². The highest BCUT2D eigenvalue weighted by Crippen LogP contribution is 2.23. The number of nitrogens with zero attached hydrogens (tertiary/aromatic N) is 2. The van der Waals surface area contributed by atoms with Gasteiger partial charge in [-0.15, -0.1) is 0 Å². The highest BCUT2D eigenvalue weighted by atomic mass is 19.1. The Morgan fingerprint density at radius 1 is 1.33 bits per heavy atom. The molecule has 0 bridgehead atoms. The second-order valence-corrected chi connectivity index (χ2v) is 7.25. The van der Waals surface area contributed by atoms with Crippen molar-refractivity contribution in [1.82, 2.24) is 15.1 Å². The van der Waals surface area contributed by atoms with Gasteiger partial charge >= 0.3 is 11.8 Å². The first-order valence-corrected chi connectivity index (χ1v) is 8.79. The monoisotopic (exact) mass is 379 g/mol. The van der Waals surface area contributed by atoms with Gasteiger partial charge in [0.05, 0.1) is 12.6 Å². The summed E-state index contributed by atoms with van der Waals surface area (Å²) in [7, 11) is 4.42. The Labute approximate surface area is 158 Å². The second-order valence-electron chi connectivity index (χ2n) is 7.25. The maximum absolute atomic E-state index is 13.7. The van der Waals surface area contributed by atoms with E-state index >= 15 is 0 Å². The molecular formula is C19H26FN3O4. The standard InChI is InChI=1S/C19H26FN3O4/c1-19(21-17(25)18(26)22(2)3)9-10-23(12-19)16(24)8-6-13-5-7-15(27-4)14(20)11-13/h5,7,11H,6,8-10,12H2,1-4H3,(H,21,25)/t19-/m1/s1. The maximum Gasteiger partial charge on any atom is 0.311 e. The van der Waals surface area contributed by atoms with Gasteiger partial charge in [-0.25, -0.2) is 4.39 Å². The normalized spacial score (nSPS) is 18.9. The SMILES string of the molecule is COc1ccc(CCC(=O)N2CC[C@@](C)(NC(=O)C(=O)N(C)C)C2)cc1F. The van der Waals surface area contributed by atoms with Gasteiger partial charge in [0.2, 0.25) is 5.91 Å². The van der Waals surface area contributed by atoms with E-state index in [2.05, 4.69) is 5.32 Å². The van der Waals surface area contributed by atoms with Crippen LogP contribution < -0.4 is 10.1 Å². The number of rotatable bonds is 5. The molecule has 8 heteroatoms. The molecule has 0 aromatic heterocycles. The molecule has 1 aliphatic rings. The fourth-order valence-electron chi connectivity index (χ4n) is 3.08. The second kappa shape index (κ2) is 8.37. The maximum atomic E-state index is 13.7. The Morgan fingerprint density at radius 2 is 2.04 bits per heavy atom. The molecule has 0 saturated carbocycles. The van der Waals surface area contributed by atoms with Crippen LogP contribution in [0.2, 0.25) is 0 Å². The van der Waals surface area contributed by atoms with Crippen LogP contribution in [0.25, 0.3) is 0 Å². The van der Waals surface area contributed by atoms with E-state index in [0.717, 1.165) is 0 Å². The first-order valence-electron chi connectivity index (χ1n) is 8.79. The number of carbonyl (C=O) groups is 3. The molecule has 1 aromatic carbocycles. The fraction of sp³-hybridized carbons (Fsp3) is 0.526. The summed E-state index contributed by atoms with van der Waals surface area (Å²) >= 11 is 0. The Hall–Kier alpha value is -2.64. The summed E-state index contributed by atoms with van der Waals surface area (Å²) in [6, 6.07) is 4.64. The predicted octanol–water partition coefficient (Wildman–Crippen LogP) is 0.962. The van der Waals surface area contributed by atoms with E-state index in [1.165, 1.54) is 32.2 Å². The molecule has 1 N–H and O–H groups in total. The number of methoxy groups -OCH3 is 1. The molecule has 1 aromatic rings. The molecule has 1 heterocycles. The highest BCUT2D eigenvalue weighted by Gasteiger charge is 2.38. The zero-order valence-electron chi connectivity index (χ0n) is 16.2. The summed E-state index contributed by atoms with van der Waals surface area (Å²) in [5.41, 5.74) is 0.0819. The molecule has 3 amide bonds. The van der Waals surface area contributed by atoms with Gasteiger partial charge in [0.15, 0.2) is 11.6 Å². The third-order valence-corrected chi connectivity index (χ3v) is 4.69. The third-order valence-electron chi connectivity index (χ3n) is 4.69. The first kappa shape index (κ1) is 20.7. The summed E-state index contributed by atoms with van der Waals surface area (Å²) in [5, 5.41) is 2.73. The topological polar surface area (TPSA) is 79.0 Å². The van der Waals surface area contributed by atoms with E-state index < -0.39 is 23.2 Å². The lowest BCUT2D eigenvalue weighted by atomic mass is 10.0. The van der Waals surface area contributed by atoms with Gasteiger partial charge in [-0.1, -0.05) is 6.07 Å². The van der Waals surface area contributed by atoms with Gasteiger partial charge in [0.25, 0.3) is 0 Å². The number of likely N-dealkylation sites (N-methyl/N-ethyl adjacent to an activating group) is 1. The highest BCUT2D eigenvalue weighted by molar-refractivity contribution is 6.35. The molecular weight excluding hydrogens is 353 g/mol. The van der Waals surface area contributed by atoms with Gasteiger partial charge < -0.3 is 19.9 Å². The summed E-state index contributed by atoms with van der Waals surface area (Å²) in [6.07, 6.45) is 1.23. The minimum Gasteiger partial charge on any atom is -0.494 e. The van der Waals surface area contributed by atoms with Gasteiger partial charge in [-0.05, 0) is 37.5 Å². The lowest BCUT2D eigenvalue weighted by Gasteiger charge is -2.26. The lowest BCUT2D eigenvalue weighted by Crippen LogP contribution is -2.52. The van der Waals surface area contributed by atoms with E-state index in [1.54, 1.807) is 17.0 Å². The lowest BCUT2D eigenvalue weighted by molar-refractivity contribution is -0.145. The largest absolute Gasteiger partial charge is 0.494 e.